The molecule has 8 nitrogen and oxygen atoms in total. The van der Waals surface area contributed by atoms with Crippen molar-refractivity contribution in [1.82, 2.24) is 29.5 Å². The van der Waals surface area contributed by atoms with Crippen LogP contribution >= 0.6 is 0 Å². The van der Waals surface area contributed by atoms with Crippen LogP contribution in [0.5, 0.6) is 0 Å². The van der Waals surface area contributed by atoms with Gasteiger partial charge in [-0.05, 0) is 6.07 Å². The minimum Gasteiger partial charge on any atom is -0.347 e. The monoisotopic (exact) mass is 399 g/mol. The van der Waals surface area contributed by atoms with Crippen LogP contribution in [0, 0.1) is 0 Å². The lowest BCUT2D eigenvalue weighted by Crippen LogP contribution is -2.47. The molecule has 0 aromatic carbocycles. The first-order valence-corrected chi connectivity index (χ1v) is 10.2. The Hall–Kier alpha value is -2.32. The third kappa shape index (κ3) is 5.83. The zero-order valence-corrected chi connectivity index (χ0v) is 18.3. The summed E-state index contributed by atoms with van der Waals surface area (Å²) in [5, 5.41) is 4.57. The molecular formula is C21H33N7O. The molecule has 1 fully saturated rings. The van der Waals surface area contributed by atoms with E-state index in [-0.39, 0.29) is 11.0 Å². The Morgan fingerprint density at radius 1 is 0.966 bits per heavy atom. The Morgan fingerprint density at radius 2 is 1.59 bits per heavy atom. The normalized spacial score (nSPS) is 16.2. The lowest BCUT2D eigenvalue weighted by atomic mass is 9.92. The van der Waals surface area contributed by atoms with Gasteiger partial charge in [-0.25, -0.2) is 14.6 Å². The molecule has 0 unspecified atom stereocenters. The Kier molecular flexibility index (Phi) is 6.64. The van der Waals surface area contributed by atoms with Gasteiger partial charge in [0.1, 0.15) is 0 Å². The highest BCUT2D eigenvalue weighted by Gasteiger charge is 2.19. The molecule has 29 heavy (non-hydrogen) atoms. The molecule has 0 saturated carbocycles. The lowest BCUT2D eigenvalue weighted by Gasteiger charge is -2.34. The van der Waals surface area contributed by atoms with Crippen LogP contribution in [0.1, 0.15) is 32.0 Å². The van der Waals surface area contributed by atoms with E-state index < -0.39 is 0 Å². The summed E-state index contributed by atoms with van der Waals surface area (Å²) >= 11 is 0. The van der Waals surface area contributed by atoms with Crippen molar-refractivity contribution in [2.24, 2.45) is 0 Å². The van der Waals surface area contributed by atoms with Gasteiger partial charge >= 0.3 is 0 Å². The molecule has 0 spiro atoms. The van der Waals surface area contributed by atoms with E-state index in [1.165, 1.54) is 0 Å². The van der Waals surface area contributed by atoms with Gasteiger partial charge in [0, 0.05) is 82.8 Å². The minimum atomic E-state index is -0.0600. The molecule has 0 atom stereocenters. The van der Waals surface area contributed by atoms with E-state index in [4.69, 9.17) is 0 Å². The Morgan fingerprint density at radius 3 is 2.17 bits per heavy atom. The molecule has 2 aromatic heterocycles. The van der Waals surface area contributed by atoms with Gasteiger partial charge in [0.25, 0.3) is 5.56 Å². The summed E-state index contributed by atoms with van der Waals surface area (Å²) in [6, 6.07) is 3.47. The van der Waals surface area contributed by atoms with Gasteiger partial charge in [-0.2, -0.15) is 5.10 Å². The van der Waals surface area contributed by atoms with E-state index in [1.807, 2.05) is 37.5 Å². The van der Waals surface area contributed by atoms with Crippen LogP contribution < -0.4 is 10.5 Å². The smallest absolute Gasteiger partial charge is 0.266 e. The Balaban J connectivity index is 1.48. The van der Waals surface area contributed by atoms with Gasteiger partial charge in [-0.1, -0.05) is 20.8 Å². The zero-order chi connectivity index (χ0) is 21.0. The SMILES string of the molecule is CN(C)c1ncc(CN2CCN(CCn3nc(C(C)(C)C)ccc3=O)CC2)cn1. The van der Waals surface area contributed by atoms with Gasteiger partial charge in [0.05, 0.1) is 12.2 Å². The van der Waals surface area contributed by atoms with E-state index in [1.54, 1.807) is 10.7 Å². The fraction of sp³-hybridized carbons (Fsp3) is 0.619. The standard InChI is InChI=1S/C21H33N7O/c1-21(2,3)18-6-7-19(29)28(24-18)13-12-26-8-10-27(11-9-26)16-17-14-22-20(23-15-17)25(4)5/h6-7,14-15H,8-13,16H2,1-5H3. The maximum atomic E-state index is 12.2. The number of anilines is 1. The first kappa shape index (κ1) is 21.4. The molecule has 3 heterocycles. The van der Waals surface area contributed by atoms with E-state index in [0.717, 1.165) is 56.5 Å². The van der Waals surface area contributed by atoms with E-state index in [0.29, 0.717) is 6.54 Å². The maximum absolute atomic E-state index is 12.2. The van der Waals surface area contributed by atoms with E-state index >= 15 is 0 Å². The fourth-order valence-corrected chi connectivity index (χ4v) is 3.34. The predicted molar refractivity (Wildman–Crippen MR) is 115 cm³/mol. The Labute approximate surface area is 173 Å². The summed E-state index contributed by atoms with van der Waals surface area (Å²) in [4.78, 5) is 27.7. The van der Waals surface area contributed by atoms with Crippen LogP contribution in [0.2, 0.25) is 0 Å². The van der Waals surface area contributed by atoms with Gasteiger partial charge < -0.3 is 4.90 Å². The summed E-state index contributed by atoms with van der Waals surface area (Å²) in [5.41, 5.74) is 2.00. The fourth-order valence-electron chi connectivity index (χ4n) is 3.34. The van der Waals surface area contributed by atoms with Crippen molar-refractivity contribution in [2.45, 2.75) is 39.3 Å². The van der Waals surface area contributed by atoms with Crippen molar-refractivity contribution in [3.05, 3.63) is 46.1 Å². The molecule has 0 aliphatic carbocycles. The second-order valence-electron chi connectivity index (χ2n) is 8.93. The number of hydrogen-bond donors (Lipinski definition) is 0. The quantitative estimate of drug-likeness (QED) is 0.723. The van der Waals surface area contributed by atoms with Crippen LogP contribution in [0.4, 0.5) is 5.95 Å². The predicted octanol–water partition coefficient (Wildman–Crippen LogP) is 1.21. The van der Waals surface area contributed by atoms with Crippen molar-refractivity contribution >= 4 is 5.95 Å². The van der Waals surface area contributed by atoms with E-state index in [9.17, 15) is 4.79 Å². The molecule has 0 amide bonds. The van der Waals surface area contributed by atoms with Gasteiger partial charge in [-0.3, -0.25) is 14.6 Å². The summed E-state index contributed by atoms with van der Waals surface area (Å²) in [6.07, 6.45) is 3.82. The zero-order valence-electron chi connectivity index (χ0n) is 18.3. The Bertz CT molecular complexity index is 847. The molecule has 1 saturated heterocycles. The van der Waals surface area contributed by atoms with Gasteiger partial charge in [0.2, 0.25) is 5.95 Å². The average Bonchev–Trinajstić information content (AvgIpc) is 2.68. The molecule has 1 aliphatic rings. The molecule has 0 N–H and O–H groups in total. The van der Waals surface area contributed by atoms with Crippen LogP contribution in [0.3, 0.4) is 0 Å². The maximum Gasteiger partial charge on any atom is 0.266 e. The van der Waals surface area contributed by atoms with Crippen molar-refractivity contribution in [3.8, 4) is 0 Å². The van der Waals surface area contributed by atoms with Crippen LogP contribution in [0.25, 0.3) is 0 Å². The van der Waals surface area contributed by atoms with Crippen molar-refractivity contribution in [1.29, 1.82) is 0 Å². The summed E-state index contributed by atoms with van der Waals surface area (Å²) < 4.78 is 1.61. The van der Waals surface area contributed by atoms with E-state index in [2.05, 4.69) is 45.6 Å². The molecule has 2 aromatic rings. The van der Waals surface area contributed by atoms with Gasteiger partial charge in [0.15, 0.2) is 0 Å². The number of aromatic nitrogens is 4. The third-order valence-corrected chi connectivity index (χ3v) is 5.23. The first-order valence-electron chi connectivity index (χ1n) is 10.2. The third-order valence-electron chi connectivity index (χ3n) is 5.23. The number of hydrogen-bond acceptors (Lipinski definition) is 7. The summed E-state index contributed by atoms with van der Waals surface area (Å²) in [5.74, 6) is 0.734. The van der Waals surface area contributed by atoms with Crippen LogP contribution in [0.15, 0.2) is 29.3 Å². The molecule has 1 aliphatic heterocycles. The topological polar surface area (TPSA) is 70.4 Å². The molecule has 0 radical (unpaired) electrons. The highest BCUT2D eigenvalue weighted by atomic mass is 16.1. The van der Waals surface area contributed by atoms with Crippen molar-refractivity contribution < 1.29 is 0 Å². The van der Waals surface area contributed by atoms with Gasteiger partial charge in [-0.15, -0.1) is 0 Å². The lowest BCUT2D eigenvalue weighted by molar-refractivity contribution is 0.122. The average molecular weight is 400 g/mol. The molecular weight excluding hydrogens is 366 g/mol. The van der Waals surface area contributed by atoms with Crippen molar-refractivity contribution in [3.63, 3.8) is 0 Å². The number of piperazine rings is 1. The molecule has 8 heteroatoms. The van der Waals surface area contributed by atoms with Crippen LogP contribution in [-0.4, -0.2) is 76.4 Å². The molecule has 3 rings (SSSR count). The largest absolute Gasteiger partial charge is 0.347 e. The first-order chi connectivity index (χ1) is 13.7. The minimum absolute atomic E-state index is 0.0298. The number of rotatable bonds is 6. The highest BCUT2D eigenvalue weighted by Crippen LogP contribution is 2.18. The molecule has 0 bridgehead atoms. The molecule has 158 valence electrons. The number of nitrogens with zero attached hydrogens (tertiary/aromatic N) is 7. The summed E-state index contributed by atoms with van der Waals surface area (Å²) in [7, 11) is 3.88. The van der Waals surface area contributed by atoms with Crippen molar-refractivity contribution in [2.75, 3.05) is 51.7 Å². The second kappa shape index (κ2) is 9.00. The summed E-state index contributed by atoms with van der Waals surface area (Å²) in [6.45, 7) is 12.7. The van der Waals surface area contributed by atoms with Crippen LogP contribution in [-0.2, 0) is 18.5 Å². The highest BCUT2D eigenvalue weighted by molar-refractivity contribution is 5.26. The second-order valence-corrected chi connectivity index (χ2v) is 8.93.